The van der Waals surface area contributed by atoms with Crippen molar-refractivity contribution < 1.29 is 19.1 Å². The molecule has 0 N–H and O–H groups in total. The van der Waals surface area contributed by atoms with Crippen molar-refractivity contribution in [3.8, 4) is 22.6 Å². The molecule has 0 aliphatic carbocycles. The average Bonchev–Trinajstić information content (AvgIpc) is 2.77. The maximum absolute atomic E-state index is 12.3. The zero-order valence-electron chi connectivity index (χ0n) is 16.5. The van der Waals surface area contributed by atoms with Crippen molar-refractivity contribution in [3.05, 3.63) is 71.3 Å². The molecule has 0 atom stereocenters. The molecule has 0 radical (unpaired) electrons. The molecule has 0 aromatic heterocycles. The Morgan fingerprint density at radius 3 is 1.93 bits per heavy atom. The summed E-state index contributed by atoms with van der Waals surface area (Å²) < 4.78 is 11.2. The minimum absolute atomic E-state index is 0.408. The highest BCUT2D eigenvalue weighted by molar-refractivity contribution is 6.17. The van der Waals surface area contributed by atoms with Gasteiger partial charge in [0.1, 0.15) is 11.5 Å². The van der Waals surface area contributed by atoms with E-state index >= 15 is 0 Å². The smallest absolute Gasteiger partial charge is 0.154 e. The lowest BCUT2D eigenvalue weighted by molar-refractivity contribution is 0.111. The molecule has 4 nitrogen and oxygen atoms in total. The fourth-order valence-corrected chi connectivity index (χ4v) is 4.15. The normalized spacial score (nSPS) is 10.9. The van der Waals surface area contributed by atoms with E-state index in [1.807, 2.05) is 61.5 Å². The molecule has 0 aliphatic heterocycles. The standard InChI is InChI=1S/C25H20O4/c1-15-17-9-6-7-11-19(17)24(21(14-27)25(15)29-3)23-18-10-5-4-8-16(18)12-22(28-2)20(23)13-26/h4-14H,1-3H3. The van der Waals surface area contributed by atoms with Crippen LogP contribution in [0.15, 0.2) is 54.6 Å². The van der Waals surface area contributed by atoms with Crippen molar-refractivity contribution in [3.63, 3.8) is 0 Å². The third kappa shape index (κ3) is 2.76. The number of aldehydes is 2. The van der Waals surface area contributed by atoms with Crippen LogP contribution < -0.4 is 9.47 Å². The summed E-state index contributed by atoms with van der Waals surface area (Å²) in [6.45, 7) is 1.93. The van der Waals surface area contributed by atoms with Crippen LogP contribution >= 0.6 is 0 Å². The quantitative estimate of drug-likeness (QED) is 0.420. The summed E-state index contributed by atoms with van der Waals surface area (Å²) in [6, 6.07) is 17.4. The molecule has 0 aliphatic rings. The van der Waals surface area contributed by atoms with Crippen molar-refractivity contribution in [2.24, 2.45) is 0 Å². The molecule has 4 aromatic rings. The van der Waals surface area contributed by atoms with Crippen molar-refractivity contribution >= 4 is 34.1 Å². The van der Waals surface area contributed by atoms with Gasteiger partial charge in [0, 0.05) is 11.1 Å². The van der Waals surface area contributed by atoms with Crippen molar-refractivity contribution in [2.45, 2.75) is 6.92 Å². The Kier molecular flexibility index (Phi) is 4.77. The second-order valence-electron chi connectivity index (χ2n) is 6.82. The highest BCUT2D eigenvalue weighted by Crippen LogP contribution is 2.45. The van der Waals surface area contributed by atoms with E-state index in [2.05, 4.69) is 0 Å². The average molecular weight is 384 g/mol. The topological polar surface area (TPSA) is 52.6 Å². The predicted octanol–water partition coefficient (Wildman–Crippen LogP) is 5.61. The molecule has 0 saturated carbocycles. The molecule has 0 amide bonds. The summed E-state index contributed by atoms with van der Waals surface area (Å²) in [5, 5.41) is 3.64. The van der Waals surface area contributed by atoms with Gasteiger partial charge in [-0.15, -0.1) is 0 Å². The minimum Gasteiger partial charge on any atom is -0.496 e. The van der Waals surface area contributed by atoms with Gasteiger partial charge in [0.25, 0.3) is 0 Å². The zero-order chi connectivity index (χ0) is 20.5. The van der Waals surface area contributed by atoms with Crippen LogP contribution in [0.2, 0.25) is 0 Å². The van der Waals surface area contributed by atoms with E-state index in [1.54, 1.807) is 7.11 Å². The van der Waals surface area contributed by atoms with Crippen LogP contribution in [0.3, 0.4) is 0 Å². The van der Waals surface area contributed by atoms with Gasteiger partial charge >= 0.3 is 0 Å². The van der Waals surface area contributed by atoms with E-state index in [0.717, 1.165) is 39.7 Å². The number of ether oxygens (including phenoxy) is 2. The van der Waals surface area contributed by atoms with Crippen molar-refractivity contribution in [1.82, 2.24) is 0 Å². The molecule has 4 heteroatoms. The van der Waals surface area contributed by atoms with E-state index in [4.69, 9.17) is 9.47 Å². The van der Waals surface area contributed by atoms with E-state index < -0.39 is 0 Å². The summed E-state index contributed by atoms with van der Waals surface area (Å²) >= 11 is 0. The van der Waals surface area contributed by atoms with Gasteiger partial charge in [0.15, 0.2) is 12.6 Å². The molecular formula is C25H20O4. The number of rotatable bonds is 5. The number of carbonyl (C=O) groups excluding carboxylic acids is 2. The largest absolute Gasteiger partial charge is 0.496 e. The number of fused-ring (bicyclic) bond motifs is 2. The molecular weight excluding hydrogens is 364 g/mol. The van der Waals surface area contributed by atoms with E-state index in [9.17, 15) is 9.59 Å². The van der Waals surface area contributed by atoms with Crippen molar-refractivity contribution in [2.75, 3.05) is 14.2 Å². The lowest BCUT2D eigenvalue weighted by Crippen LogP contribution is -2.03. The number of hydrogen-bond donors (Lipinski definition) is 0. The van der Waals surface area contributed by atoms with Crippen LogP contribution in [0.25, 0.3) is 32.7 Å². The van der Waals surface area contributed by atoms with Crippen LogP contribution in [0.4, 0.5) is 0 Å². The lowest BCUT2D eigenvalue weighted by Gasteiger charge is -2.20. The van der Waals surface area contributed by atoms with Gasteiger partial charge in [0.2, 0.25) is 0 Å². The number of carbonyl (C=O) groups is 2. The SMILES string of the molecule is COc1cc2ccccc2c(-c2c(C=O)c(OC)c(C)c3ccccc23)c1C=O. The Hall–Kier alpha value is -3.66. The molecule has 29 heavy (non-hydrogen) atoms. The third-order valence-corrected chi connectivity index (χ3v) is 5.42. The molecule has 0 unspecified atom stereocenters. The van der Waals surface area contributed by atoms with Crippen molar-refractivity contribution in [1.29, 1.82) is 0 Å². The summed E-state index contributed by atoms with van der Waals surface area (Å²) in [7, 11) is 3.09. The summed E-state index contributed by atoms with van der Waals surface area (Å²) in [5.41, 5.74) is 3.06. The highest BCUT2D eigenvalue weighted by Gasteiger charge is 2.24. The van der Waals surface area contributed by atoms with Crippen LogP contribution in [0.1, 0.15) is 26.3 Å². The number of methoxy groups -OCH3 is 2. The molecule has 0 heterocycles. The molecule has 0 spiro atoms. The number of benzene rings is 4. The van der Waals surface area contributed by atoms with E-state index in [1.165, 1.54) is 7.11 Å². The summed E-state index contributed by atoms with van der Waals surface area (Å²) in [5.74, 6) is 0.978. The molecule has 4 rings (SSSR count). The molecule has 0 fully saturated rings. The number of aryl methyl sites for hydroxylation is 1. The predicted molar refractivity (Wildman–Crippen MR) is 116 cm³/mol. The van der Waals surface area contributed by atoms with Gasteiger partial charge in [-0.3, -0.25) is 9.59 Å². The van der Waals surface area contributed by atoms with Gasteiger partial charge in [-0.25, -0.2) is 0 Å². The Bertz CT molecular complexity index is 1270. The maximum Gasteiger partial charge on any atom is 0.154 e. The Morgan fingerprint density at radius 2 is 1.31 bits per heavy atom. The Morgan fingerprint density at radius 1 is 0.724 bits per heavy atom. The zero-order valence-corrected chi connectivity index (χ0v) is 16.5. The van der Waals surface area contributed by atoms with Gasteiger partial charge in [-0.2, -0.15) is 0 Å². The fourth-order valence-electron chi connectivity index (χ4n) is 4.15. The molecule has 4 aromatic carbocycles. The van der Waals surface area contributed by atoms with Crippen LogP contribution in [-0.4, -0.2) is 26.8 Å². The van der Waals surface area contributed by atoms with Crippen LogP contribution in [0.5, 0.6) is 11.5 Å². The molecule has 0 bridgehead atoms. The first-order valence-corrected chi connectivity index (χ1v) is 9.26. The molecule has 0 saturated heterocycles. The van der Waals surface area contributed by atoms with Gasteiger partial charge in [-0.05, 0) is 40.1 Å². The minimum atomic E-state index is 0.408. The third-order valence-electron chi connectivity index (χ3n) is 5.42. The highest BCUT2D eigenvalue weighted by atomic mass is 16.5. The molecule has 144 valence electrons. The first-order chi connectivity index (χ1) is 14.2. The monoisotopic (exact) mass is 384 g/mol. The van der Waals surface area contributed by atoms with E-state index in [-0.39, 0.29) is 0 Å². The van der Waals surface area contributed by atoms with Gasteiger partial charge in [0.05, 0.1) is 25.3 Å². The Balaban J connectivity index is 2.33. The Labute approximate surface area is 168 Å². The maximum atomic E-state index is 12.3. The fraction of sp³-hybridized carbons (Fsp3) is 0.120. The first-order valence-electron chi connectivity index (χ1n) is 9.26. The van der Waals surface area contributed by atoms with Gasteiger partial charge < -0.3 is 9.47 Å². The summed E-state index contributed by atoms with van der Waals surface area (Å²) in [6.07, 6.45) is 1.59. The lowest BCUT2D eigenvalue weighted by atomic mass is 9.85. The van der Waals surface area contributed by atoms with E-state index in [0.29, 0.717) is 33.8 Å². The number of hydrogen-bond acceptors (Lipinski definition) is 4. The van der Waals surface area contributed by atoms with Crippen LogP contribution in [0, 0.1) is 6.92 Å². The van der Waals surface area contributed by atoms with Crippen LogP contribution in [-0.2, 0) is 0 Å². The second kappa shape index (κ2) is 7.40. The van der Waals surface area contributed by atoms with Gasteiger partial charge in [-0.1, -0.05) is 48.5 Å². The summed E-state index contributed by atoms with van der Waals surface area (Å²) in [4.78, 5) is 24.4. The second-order valence-corrected chi connectivity index (χ2v) is 6.82. The first kappa shape index (κ1) is 18.7.